The Balaban J connectivity index is 0.778. The van der Waals surface area contributed by atoms with Crippen LogP contribution in [0.4, 0.5) is 20.2 Å². The van der Waals surface area contributed by atoms with Crippen LogP contribution in [0.1, 0.15) is 74.6 Å². The molecular formula is C39H39F2N9O8. The van der Waals surface area contributed by atoms with E-state index in [1.807, 2.05) is 12.1 Å². The van der Waals surface area contributed by atoms with Gasteiger partial charge < -0.3 is 24.5 Å². The highest BCUT2D eigenvalue weighted by Gasteiger charge is 2.44. The number of nitrogens with one attached hydrogen (secondary N) is 3. The van der Waals surface area contributed by atoms with E-state index in [1.165, 1.54) is 17.1 Å². The van der Waals surface area contributed by atoms with Crippen molar-refractivity contribution in [3.8, 4) is 17.1 Å². The number of imide groups is 2. The van der Waals surface area contributed by atoms with Gasteiger partial charge in [0, 0.05) is 38.5 Å². The third-order valence-electron chi connectivity index (χ3n) is 9.48. The molecular weight excluding hydrogens is 760 g/mol. The summed E-state index contributed by atoms with van der Waals surface area (Å²) in [4.78, 5) is 67.5. The van der Waals surface area contributed by atoms with Crippen molar-refractivity contribution in [3.63, 3.8) is 0 Å². The maximum absolute atomic E-state index is 13.9. The van der Waals surface area contributed by atoms with E-state index in [0.717, 1.165) is 36.0 Å². The van der Waals surface area contributed by atoms with E-state index in [4.69, 9.17) is 13.9 Å². The Morgan fingerprint density at radius 3 is 2.50 bits per heavy atom. The number of hydrogen-bond donors (Lipinski definition) is 3. The summed E-state index contributed by atoms with van der Waals surface area (Å²) in [5.74, 6) is -2.75. The number of ether oxygens (including phenoxy) is 2. The molecule has 2 aliphatic heterocycles. The van der Waals surface area contributed by atoms with E-state index >= 15 is 0 Å². The SMILES string of the molecule is Cn1cc(-c2nc(C(=O)Nc3cn(-c4ccc(CCCCOCCOCCNc5ccc6c(c5)C(=O)N(C5CCC(=O)NC5=O)C6=O)cc4)nc3C(F)F)co2)cn1. The molecule has 5 aromatic rings. The highest BCUT2D eigenvalue weighted by molar-refractivity contribution is 6.23. The highest BCUT2D eigenvalue weighted by Crippen LogP contribution is 2.30. The normalized spacial score (nSPS) is 15.3. The van der Waals surface area contributed by atoms with E-state index in [1.54, 1.807) is 48.3 Å². The average Bonchev–Trinajstić information content (AvgIpc) is 4.01. The van der Waals surface area contributed by atoms with Crippen molar-refractivity contribution in [2.45, 2.75) is 44.6 Å². The quantitative estimate of drug-likeness (QED) is 0.0838. The first-order chi connectivity index (χ1) is 28.0. The number of hydrogen-bond acceptors (Lipinski definition) is 12. The van der Waals surface area contributed by atoms with Crippen molar-refractivity contribution in [1.82, 2.24) is 34.8 Å². The topological polar surface area (TPSA) is 205 Å². The Kier molecular flexibility index (Phi) is 12.1. The first-order valence-corrected chi connectivity index (χ1v) is 18.5. The van der Waals surface area contributed by atoms with Crippen molar-refractivity contribution < 1.29 is 46.6 Å². The van der Waals surface area contributed by atoms with Gasteiger partial charge in [0.2, 0.25) is 17.7 Å². The number of rotatable bonds is 18. The fourth-order valence-corrected chi connectivity index (χ4v) is 6.52. The lowest BCUT2D eigenvalue weighted by Gasteiger charge is -2.27. The maximum Gasteiger partial charge on any atom is 0.284 e. The zero-order valence-electron chi connectivity index (χ0n) is 31.3. The highest BCUT2D eigenvalue weighted by atomic mass is 19.3. The van der Waals surface area contributed by atoms with Gasteiger partial charge in [0.05, 0.1) is 60.3 Å². The predicted octanol–water partition coefficient (Wildman–Crippen LogP) is 4.32. The van der Waals surface area contributed by atoms with Crippen LogP contribution < -0.4 is 16.0 Å². The molecule has 1 unspecified atom stereocenters. The molecule has 0 saturated carbocycles. The van der Waals surface area contributed by atoms with Gasteiger partial charge in [-0.3, -0.25) is 38.9 Å². The number of halogens is 2. The molecule has 3 aromatic heterocycles. The molecule has 58 heavy (non-hydrogen) atoms. The van der Waals surface area contributed by atoms with Gasteiger partial charge in [0.15, 0.2) is 11.4 Å². The van der Waals surface area contributed by atoms with Gasteiger partial charge in [0.25, 0.3) is 24.1 Å². The predicted molar refractivity (Wildman–Crippen MR) is 201 cm³/mol. The molecule has 3 N–H and O–H groups in total. The number of piperidine rings is 1. The smallest absolute Gasteiger partial charge is 0.284 e. The summed E-state index contributed by atoms with van der Waals surface area (Å²) in [5.41, 5.74) is 2.39. The van der Waals surface area contributed by atoms with Crippen LogP contribution in [0.2, 0.25) is 0 Å². The van der Waals surface area contributed by atoms with Crippen LogP contribution in [-0.2, 0) is 32.5 Å². The van der Waals surface area contributed by atoms with E-state index < -0.39 is 47.7 Å². The van der Waals surface area contributed by atoms with Crippen LogP contribution in [0.3, 0.4) is 0 Å². The Hall–Kier alpha value is -6.60. The van der Waals surface area contributed by atoms with Crippen molar-refractivity contribution in [3.05, 3.63) is 95.4 Å². The lowest BCUT2D eigenvalue weighted by Crippen LogP contribution is -2.54. The number of unbranched alkanes of at least 4 members (excludes halogenated alkanes) is 1. The maximum atomic E-state index is 13.9. The first kappa shape index (κ1) is 39.6. The van der Waals surface area contributed by atoms with Gasteiger partial charge in [0.1, 0.15) is 12.3 Å². The Morgan fingerprint density at radius 2 is 1.76 bits per heavy atom. The summed E-state index contributed by atoms with van der Waals surface area (Å²) in [6, 6.07) is 11.1. The molecule has 0 spiro atoms. The third-order valence-corrected chi connectivity index (χ3v) is 9.48. The zero-order chi connectivity index (χ0) is 40.8. The van der Waals surface area contributed by atoms with Crippen molar-refractivity contribution in [2.24, 2.45) is 7.05 Å². The average molecular weight is 800 g/mol. The second kappa shape index (κ2) is 17.7. The summed E-state index contributed by atoms with van der Waals surface area (Å²) < 4.78 is 47.3. The molecule has 302 valence electrons. The summed E-state index contributed by atoms with van der Waals surface area (Å²) in [5, 5.41) is 15.9. The van der Waals surface area contributed by atoms with Gasteiger partial charge in [-0.1, -0.05) is 12.1 Å². The number of benzene rings is 2. The molecule has 2 aliphatic rings. The molecule has 2 aromatic carbocycles. The summed E-state index contributed by atoms with van der Waals surface area (Å²) >= 11 is 0. The number of amides is 5. The molecule has 0 radical (unpaired) electrons. The van der Waals surface area contributed by atoms with Crippen LogP contribution in [0.5, 0.6) is 0 Å². The number of alkyl halides is 2. The summed E-state index contributed by atoms with van der Waals surface area (Å²) in [7, 11) is 1.72. The van der Waals surface area contributed by atoms with Crippen LogP contribution in [0.25, 0.3) is 17.1 Å². The number of carbonyl (C=O) groups excluding carboxylic acids is 5. The number of aromatic nitrogens is 5. The van der Waals surface area contributed by atoms with Gasteiger partial charge >= 0.3 is 0 Å². The summed E-state index contributed by atoms with van der Waals surface area (Å²) in [6.45, 7) is 2.18. The lowest BCUT2D eigenvalue weighted by atomic mass is 10.0. The molecule has 1 atom stereocenters. The molecule has 5 heterocycles. The van der Waals surface area contributed by atoms with Crippen LogP contribution in [0.15, 0.2) is 71.7 Å². The fourth-order valence-electron chi connectivity index (χ4n) is 6.52. The Labute approximate surface area is 329 Å². The van der Waals surface area contributed by atoms with Crippen molar-refractivity contribution in [2.75, 3.05) is 43.6 Å². The standard InChI is InChI=1S/C39H39F2N9O8/c1-48-20-24(19-43-48)37-45-30(22-58-37)35(52)44-29-21-49(47-33(29)34(40)41)26-8-5-23(6-9-26)4-2-3-14-56-16-17-57-15-13-42-25-7-10-27-28(18-25)39(55)50(38(27)54)31-11-12-32(51)46-36(31)53/h5-10,18-22,31,34,42H,2-4,11-17H2,1H3,(H,44,52)(H,46,51,53). The molecule has 1 fully saturated rings. The van der Waals surface area contributed by atoms with E-state index in [2.05, 4.69) is 31.1 Å². The van der Waals surface area contributed by atoms with E-state index in [0.29, 0.717) is 49.9 Å². The number of oxazole rings is 1. The fraction of sp³-hybridized carbons (Fsp3) is 0.333. The van der Waals surface area contributed by atoms with Gasteiger partial charge in [-0.15, -0.1) is 0 Å². The van der Waals surface area contributed by atoms with Crippen LogP contribution in [-0.4, -0.2) is 98.0 Å². The zero-order valence-corrected chi connectivity index (χ0v) is 31.3. The number of anilines is 2. The van der Waals surface area contributed by atoms with Crippen LogP contribution >= 0.6 is 0 Å². The second-order valence-electron chi connectivity index (χ2n) is 13.6. The number of nitrogens with zero attached hydrogens (tertiary/aromatic N) is 6. The first-order valence-electron chi connectivity index (χ1n) is 18.5. The van der Waals surface area contributed by atoms with E-state index in [-0.39, 0.29) is 41.2 Å². The Morgan fingerprint density at radius 1 is 0.983 bits per heavy atom. The number of aryl methyl sites for hydroxylation is 2. The minimum Gasteiger partial charge on any atom is -0.444 e. The largest absolute Gasteiger partial charge is 0.444 e. The molecule has 1 saturated heterocycles. The molecule has 17 nitrogen and oxygen atoms in total. The van der Waals surface area contributed by atoms with Gasteiger partial charge in [-0.25, -0.2) is 18.4 Å². The molecule has 5 amide bonds. The third kappa shape index (κ3) is 9.00. The monoisotopic (exact) mass is 799 g/mol. The van der Waals surface area contributed by atoms with Crippen molar-refractivity contribution in [1.29, 1.82) is 0 Å². The lowest BCUT2D eigenvalue weighted by molar-refractivity contribution is -0.136. The Bertz CT molecular complexity index is 2320. The molecule has 7 rings (SSSR count). The second-order valence-corrected chi connectivity index (χ2v) is 13.6. The van der Waals surface area contributed by atoms with Crippen molar-refractivity contribution >= 4 is 40.9 Å². The van der Waals surface area contributed by atoms with E-state index in [9.17, 15) is 32.8 Å². The van der Waals surface area contributed by atoms with Gasteiger partial charge in [-0.2, -0.15) is 10.2 Å². The summed E-state index contributed by atoms with van der Waals surface area (Å²) in [6.07, 6.45) is 5.35. The number of carbonyl (C=O) groups is 5. The molecule has 0 bridgehead atoms. The minimum absolute atomic E-state index is 0.0569. The molecule has 19 heteroatoms. The molecule has 0 aliphatic carbocycles. The number of fused-ring (bicyclic) bond motifs is 1. The van der Waals surface area contributed by atoms with Gasteiger partial charge in [-0.05, 0) is 61.6 Å². The minimum atomic E-state index is -2.93. The van der Waals surface area contributed by atoms with Crippen LogP contribution in [0, 0.1) is 0 Å².